The van der Waals surface area contributed by atoms with Crippen molar-refractivity contribution in [2.24, 2.45) is 0 Å². The number of rotatable bonds is 6. The molecule has 1 aromatic carbocycles. The molecule has 0 aliphatic carbocycles. The molecule has 1 heterocycles. The summed E-state index contributed by atoms with van der Waals surface area (Å²) in [6, 6.07) is 12.1. The highest BCUT2D eigenvalue weighted by Crippen LogP contribution is 2.07. The van der Waals surface area contributed by atoms with E-state index in [-0.39, 0.29) is 6.61 Å². The maximum Gasteiger partial charge on any atom is 0.0681 e. The van der Waals surface area contributed by atoms with E-state index in [4.69, 9.17) is 5.11 Å². The number of hydrogen-bond acceptors (Lipinski definition) is 3. The van der Waals surface area contributed by atoms with E-state index in [0.717, 1.165) is 30.8 Å². The van der Waals surface area contributed by atoms with Gasteiger partial charge in [0.2, 0.25) is 0 Å². The van der Waals surface area contributed by atoms with Crippen LogP contribution in [-0.2, 0) is 26.1 Å². The smallest absolute Gasteiger partial charge is 0.0681 e. The maximum atomic E-state index is 8.99. The third kappa shape index (κ3) is 3.88. The molecular formula is C16H20N2O. The molecule has 19 heavy (non-hydrogen) atoms. The van der Waals surface area contributed by atoms with Crippen molar-refractivity contribution >= 4 is 0 Å². The number of aliphatic hydroxyl groups excluding tert-OH is 1. The van der Waals surface area contributed by atoms with E-state index >= 15 is 0 Å². The lowest BCUT2D eigenvalue weighted by Crippen LogP contribution is -2.15. The van der Waals surface area contributed by atoms with E-state index in [0.29, 0.717) is 0 Å². The van der Waals surface area contributed by atoms with Crippen LogP contribution >= 0.6 is 0 Å². The molecule has 0 atom stereocenters. The van der Waals surface area contributed by atoms with Crippen molar-refractivity contribution < 1.29 is 5.11 Å². The standard InChI is InChI=1S/C16H20N2O/c1-2-15-4-3-9-18-16(15)11-17-10-13-5-7-14(12-19)8-6-13/h3-9,17,19H,2,10-12H2,1H3. The number of nitrogens with zero attached hydrogens (tertiary/aromatic N) is 1. The fraction of sp³-hybridized carbons (Fsp3) is 0.312. The summed E-state index contributed by atoms with van der Waals surface area (Å²) >= 11 is 0. The van der Waals surface area contributed by atoms with Crippen LogP contribution in [0.25, 0.3) is 0 Å². The molecule has 0 aliphatic heterocycles. The number of pyridine rings is 1. The number of nitrogens with one attached hydrogen (secondary N) is 1. The predicted molar refractivity (Wildman–Crippen MR) is 76.5 cm³/mol. The molecule has 0 saturated heterocycles. The molecule has 0 radical (unpaired) electrons. The summed E-state index contributed by atoms with van der Waals surface area (Å²) < 4.78 is 0. The highest BCUT2D eigenvalue weighted by Gasteiger charge is 2.01. The molecule has 0 spiro atoms. The van der Waals surface area contributed by atoms with E-state index in [2.05, 4.69) is 23.3 Å². The maximum absolute atomic E-state index is 8.99. The van der Waals surface area contributed by atoms with Crippen LogP contribution in [0.3, 0.4) is 0 Å². The van der Waals surface area contributed by atoms with Crippen molar-refractivity contribution in [3.05, 3.63) is 65.0 Å². The highest BCUT2D eigenvalue weighted by atomic mass is 16.3. The van der Waals surface area contributed by atoms with Gasteiger partial charge in [0.25, 0.3) is 0 Å². The van der Waals surface area contributed by atoms with Gasteiger partial charge in [-0.25, -0.2) is 0 Å². The van der Waals surface area contributed by atoms with Gasteiger partial charge in [0, 0.05) is 19.3 Å². The van der Waals surface area contributed by atoms with Crippen molar-refractivity contribution in [3.63, 3.8) is 0 Å². The molecule has 0 saturated carbocycles. The first-order valence-electron chi connectivity index (χ1n) is 6.65. The zero-order chi connectivity index (χ0) is 13.5. The summed E-state index contributed by atoms with van der Waals surface area (Å²) in [5, 5.41) is 12.4. The Morgan fingerprint density at radius 3 is 2.47 bits per heavy atom. The van der Waals surface area contributed by atoms with Crippen LogP contribution in [-0.4, -0.2) is 10.1 Å². The fourth-order valence-corrected chi connectivity index (χ4v) is 2.04. The number of aromatic nitrogens is 1. The molecule has 2 aromatic rings. The number of aliphatic hydroxyl groups is 1. The van der Waals surface area contributed by atoms with Crippen LogP contribution in [0.1, 0.15) is 29.3 Å². The quantitative estimate of drug-likeness (QED) is 0.834. The molecule has 3 heteroatoms. The van der Waals surface area contributed by atoms with Crippen molar-refractivity contribution in [1.82, 2.24) is 10.3 Å². The first kappa shape index (κ1) is 13.7. The third-order valence-electron chi connectivity index (χ3n) is 3.19. The van der Waals surface area contributed by atoms with Gasteiger partial charge in [0.1, 0.15) is 0 Å². The normalized spacial score (nSPS) is 10.6. The van der Waals surface area contributed by atoms with Gasteiger partial charge in [0.15, 0.2) is 0 Å². The van der Waals surface area contributed by atoms with E-state index in [1.807, 2.05) is 36.5 Å². The summed E-state index contributed by atoms with van der Waals surface area (Å²) in [7, 11) is 0. The monoisotopic (exact) mass is 256 g/mol. The highest BCUT2D eigenvalue weighted by molar-refractivity contribution is 5.22. The molecule has 0 fully saturated rings. The zero-order valence-corrected chi connectivity index (χ0v) is 11.3. The fourth-order valence-electron chi connectivity index (χ4n) is 2.04. The lowest BCUT2D eigenvalue weighted by molar-refractivity contribution is 0.282. The molecular weight excluding hydrogens is 236 g/mol. The van der Waals surface area contributed by atoms with Crippen LogP contribution in [0, 0.1) is 0 Å². The van der Waals surface area contributed by atoms with Gasteiger partial charge in [-0.3, -0.25) is 4.98 Å². The SMILES string of the molecule is CCc1cccnc1CNCc1ccc(CO)cc1. The lowest BCUT2D eigenvalue weighted by atomic mass is 10.1. The van der Waals surface area contributed by atoms with Crippen LogP contribution in [0.15, 0.2) is 42.6 Å². The molecule has 2 N–H and O–H groups in total. The molecule has 0 bridgehead atoms. The minimum Gasteiger partial charge on any atom is -0.392 e. The summed E-state index contributed by atoms with van der Waals surface area (Å²) in [5.74, 6) is 0. The Labute approximate surface area is 114 Å². The molecule has 100 valence electrons. The largest absolute Gasteiger partial charge is 0.392 e. The second-order valence-electron chi connectivity index (χ2n) is 4.54. The zero-order valence-electron chi connectivity index (χ0n) is 11.3. The Bertz CT molecular complexity index is 508. The first-order chi connectivity index (χ1) is 9.33. The summed E-state index contributed by atoms with van der Waals surface area (Å²) in [4.78, 5) is 4.41. The molecule has 0 unspecified atom stereocenters. The Morgan fingerprint density at radius 1 is 1.05 bits per heavy atom. The lowest BCUT2D eigenvalue weighted by Gasteiger charge is -2.08. The molecule has 0 amide bonds. The molecule has 3 nitrogen and oxygen atoms in total. The van der Waals surface area contributed by atoms with Gasteiger partial charge in [-0.1, -0.05) is 37.3 Å². The minimum absolute atomic E-state index is 0.0987. The van der Waals surface area contributed by atoms with Crippen LogP contribution in [0.2, 0.25) is 0 Å². The van der Waals surface area contributed by atoms with Crippen molar-refractivity contribution in [1.29, 1.82) is 0 Å². The van der Waals surface area contributed by atoms with E-state index < -0.39 is 0 Å². The first-order valence-corrected chi connectivity index (χ1v) is 6.65. The predicted octanol–water partition coefficient (Wildman–Crippen LogP) is 2.43. The van der Waals surface area contributed by atoms with Gasteiger partial charge in [0.05, 0.1) is 12.3 Å². The summed E-state index contributed by atoms with van der Waals surface area (Å²) in [6.07, 6.45) is 2.85. The van der Waals surface area contributed by atoms with Crippen molar-refractivity contribution in [3.8, 4) is 0 Å². The van der Waals surface area contributed by atoms with Gasteiger partial charge in [-0.2, -0.15) is 0 Å². The minimum atomic E-state index is 0.0987. The molecule has 0 aliphatic rings. The number of benzene rings is 1. The molecule has 2 rings (SSSR count). The topological polar surface area (TPSA) is 45.2 Å². The van der Waals surface area contributed by atoms with E-state index in [9.17, 15) is 0 Å². The summed E-state index contributed by atoms with van der Waals surface area (Å²) in [6.45, 7) is 3.84. The van der Waals surface area contributed by atoms with Crippen molar-refractivity contribution in [2.75, 3.05) is 0 Å². The van der Waals surface area contributed by atoms with E-state index in [1.54, 1.807) is 0 Å². The Hall–Kier alpha value is -1.71. The number of hydrogen-bond donors (Lipinski definition) is 2. The van der Waals surface area contributed by atoms with Gasteiger partial charge in [-0.15, -0.1) is 0 Å². The number of aryl methyl sites for hydroxylation is 1. The average Bonchev–Trinajstić information content (AvgIpc) is 2.48. The van der Waals surface area contributed by atoms with Crippen LogP contribution < -0.4 is 5.32 Å². The second kappa shape index (κ2) is 7.02. The third-order valence-corrected chi connectivity index (χ3v) is 3.19. The van der Waals surface area contributed by atoms with Crippen LogP contribution in [0.4, 0.5) is 0 Å². The average molecular weight is 256 g/mol. The Morgan fingerprint density at radius 2 is 1.79 bits per heavy atom. The van der Waals surface area contributed by atoms with Crippen LogP contribution in [0.5, 0.6) is 0 Å². The van der Waals surface area contributed by atoms with Crippen molar-refractivity contribution in [2.45, 2.75) is 33.0 Å². The Balaban J connectivity index is 1.88. The van der Waals surface area contributed by atoms with Gasteiger partial charge in [-0.05, 0) is 29.2 Å². The molecule has 1 aromatic heterocycles. The Kier molecular flexibility index (Phi) is 5.07. The second-order valence-corrected chi connectivity index (χ2v) is 4.54. The van der Waals surface area contributed by atoms with Gasteiger partial charge < -0.3 is 10.4 Å². The van der Waals surface area contributed by atoms with E-state index in [1.165, 1.54) is 11.1 Å². The van der Waals surface area contributed by atoms with Gasteiger partial charge >= 0.3 is 0 Å². The summed E-state index contributed by atoms with van der Waals surface area (Å²) in [5.41, 5.74) is 4.58.